The predicted octanol–water partition coefficient (Wildman–Crippen LogP) is 6.44. The van der Waals surface area contributed by atoms with Crippen LogP contribution in [0.5, 0.6) is 23.0 Å². The van der Waals surface area contributed by atoms with Gasteiger partial charge in [0.2, 0.25) is 0 Å². The second-order valence-corrected chi connectivity index (χ2v) is 15.2. The molecule has 14 nitrogen and oxygen atoms in total. The van der Waals surface area contributed by atoms with Crippen LogP contribution in [0.2, 0.25) is 0 Å². The average Bonchev–Trinajstić information content (AvgIpc) is 3.99. The minimum atomic E-state index is -1.82. The summed E-state index contributed by atoms with van der Waals surface area (Å²) in [5.74, 6) is -4.45. The summed E-state index contributed by atoms with van der Waals surface area (Å²) in [5, 5.41) is 41.0. The molecule has 3 aliphatic rings. The van der Waals surface area contributed by atoms with Crippen LogP contribution in [-0.4, -0.2) is 118 Å². The van der Waals surface area contributed by atoms with Crippen LogP contribution in [0.25, 0.3) is 20.5 Å². The minimum absolute atomic E-state index is 0.212. The van der Waals surface area contributed by atoms with Crippen molar-refractivity contribution in [1.29, 1.82) is 0 Å². The summed E-state index contributed by atoms with van der Waals surface area (Å²) in [6, 6.07) is 21.2. The van der Waals surface area contributed by atoms with Crippen LogP contribution < -0.4 is 14.2 Å². The first-order valence-corrected chi connectivity index (χ1v) is 19.9. The summed E-state index contributed by atoms with van der Waals surface area (Å²) in [5.41, 5.74) is 3.60. The lowest BCUT2D eigenvalue weighted by Gasteiger charge is -2.38. The van der Waals surface area contributed by atoms with Gasteiger partial charge in [0, 0.05) is 22.2 Å². The molecule has 2 saturated heterocycles. The molecule has 1 aromatic heterocycles. The second kappa shape index (κ2) is 20.7. The molecule has 1 aliphatic carbocycles. The number of ether oxygens (including phenoxy) is 3. The minimum Gasteiger partial charge on any atom is -0.508 e. The number of hydrogen-bond acceptors (Lipinski definition) is 11. The summed E-state index contributed by atoms with van der Waals surface area (Å²) in [7, 11) is 1.74. The Labute approximate surface area is 334 Å². The number of phenols is 1. The first-order chi connectivity index (χ1) is 27.4. The van der Waals surface area contributed by atoms with Crippen LogP contribution in [0.1, 0.15) is 62.5 Å². The van der Waals surface area contributed by atoms with Gasteiger partial charge in [-0.25, -0.2) is 19.2 Å². The van der Waals surface area contributed by atoms with Crippen LogP contribution in [0.4, 0.5) is 0 Å². The Morgan fingerprint density at radius 1 is 0.737 bits per heavy atom. The van der Waals surface area contributed by atoms with Crippen molar-refractivity contribution in [2.45, 2.75) is 69.9 Å². The molecule has 306 valence electrons. The van der Waals surface area contributed by atoms with Gasteiger partial charge in [-0.3, -0.25) is 9.80 Å². The maximum Gasteiger partial charge on any atom is 0.414 e. The number of nitrogens with zero attached hydrogens (tertiary/aromatic N) is 2. The first kappa shape index (κ1) is 42.8. The van der Waals surface area contributed by atoms with E-state index in [1.165, 1.54) is 92.5 Å². The van der Waals surface area contributed by atoms with Gasteiger partial charge < -0.3 is 39.7 Å². The largest absolute Gasteiger partial charge is 0.508 e. The number of benzene rings is 3. The number of phenolic OH excluding ortho intramolecular Hbond substituents is 1. The quantitative estimate of drug-likeness (QED) is 0.104. The third-order valence-corrected chi connectivity index (χ3v) is 11.5. The van der Waals surface area contributed by atoms with Crippen LogP contribution in [0, 0.1) is 0 Å². The Hall–Kier alpha value is -5.38. The Bertz CT molecular complexity index is 1940. The number of fused-ring (bicyclic) bond motifs is 1. The number of rotatable bonds is 11. The SMILES string of the molecule is COc1cc(Cc2c(-c3ccc(OCCN4CCCC4)cc3)sc3cc(O)ccc23)ccc1O[C@@H]1CCCC[C@H]1N1CCCC1.O=C(O)C(=O)O.O=C(O)C(=O)O. The van der Waals surface area contributed by atoms with Gasteiger partial charge in [0.25, 0.3) is 0 Å². The lowest BCUT2D eigenvalue weighted by atomic mass is 9.91. The number of carboxylic acids is 4. The van der Waals surface area contributed by atoms with Crippen LogP contribution >= 0.6 is 11.3 Å². The van der Waals surface area contributed by atoms with E-state index < -0.39 is 23.9 Å². The zero-order valence-electron chi connectivity index (χ0n) is 31.9. The molecular weight excluding hydrogens is 757 g/mol. The molecule has 3 fully saturated rings. The van der Waals surface area contributed by atoms with Gasteiger partial charge in [0.05, 0.1) is 7.11 Å². The van der Waals surface area contributed by atoms with Gasteiger partial charge >= 0.3 is 23.9 Å². The molecule has 0 bridgehead atoms. The van der Waals surface area contributed by atoms with Crippen molar-refractivity contribution in [3.8, 4) is 33.4 Å². The molecule has 15 heteroatoms. The third kappa shape index (κ3) is 12.1. The molecule has 0 spiro atoms. The fourth-order valence-corrected chi connectivity index (χ4v) is 8.80. The molecule has 0 unspecified atom stereocenters. The summed E-state index contributed by atoms with van der Waals surface area (Å²) >= 11 is 1.73. The van der Waals surface area contributed by atoms with E-state index in [0.717, 1.165) is 46.9 Å². The van der Waals surface area contributed by atoms with Crippen molar-refractivity contribution in [3.63, 3.8) is 0 Å². The molecule has 1 saturated carbocycles. The monoisotopic (exact) mass is 806 g/mol. The van der Waals surface area contributed by atoms with E-state index >= 15 is 0 Å². The molecule has 0 amide bonds. The first-order valence-electron chi connectivity index (χ1n) is 19.1. The van der Waals surface area contributed by atoms with E-state index in [1.807, 2.05) is 12.1 Å². The molecule has 7 rings (SSSR count). The smallest absolute Gasteiger partial charge is 0.414 e. The van der Waals surface area contributed by atoms with Crippen LogP contribution in [-0.2, 0) is 25.6 Å². The summed E-state index contributed by atoms with van der Waals surface area (Å²) in [4.78, 5) is 42.7. The maximum atomic E-state index is 10.3. The van der Waals surface area contributed by atoms with E-state index in [-0.39, 0.29) is 6.10 Å². The van der Waals surface area contributed by atoms with E-state index in [0.29, 0.717) is 18.4 Å². The molecule has 0 radical (unpaired) electrons. The molecule has 3 aromatic carbocycles. The van der Waals surface area contributed by atoms with E-state index in [4.69, 9.17) is 53.8 Å². The zero-order valence-corrected chi connectivity index (χ0v) is 32.7. The third-order valence-electron chi connectivity index (χ3n) is 10.3. The van der Waals surface area contributed by atoms with Crippen molar-refractivity contribution in [1.82, 2.24) is 9.80 Å². The molecule has 2 aliphatic heterocycles. The van der Waals surface area contributed by atoms with Crippen molar-refractivity contribution in [3.05, 3.63) is 71.8 Å². The fraction of sp³-hybridized carbons (Fsp3) is 0.429. The van der Waals surface area contributed by atoms with E-state index in [2.05, 4.69) is 52.3 Å². The van der Waals surface area contributed by atoms with Crippen LogP contribution in [0.3, 0.4) is 0 Å². The molecule has 3 heterocycles. The van der Waals surface area contributed by atoms with Gasteiger partial charge in [0.15, 0.2) is 11.5 Å². The molecular formula is C42H50N2O12S. The molecule has 2 atom stereocenters. The average molecular weight is 807 g/mol. The van der Waals surface area contributed by atoms with Crippen molar-refractivity contribution in [2.24, 2.45) is 0 Å². The van der Waals surface area contributed by atoms with Gasteiger partial charge in [-0.2, -0.15) is 0 Å². The molecule has 57 heavy (non-hydrogen) atoms. The lowest BCUT2D eigenvalue weighted by Crippen LogP contribution is -2.46. The van der Waals surface area contributed by atoms with Crippen LogP contribution in [0.15, 0.2) is 60.7 Å². The number of aliphatic carboxylic acids is 4. The topological polar surface area (TPSA) is 204 Å². The number of hydrogen-bond donors (Lipinski definition) is 5. The number of carboxylic acid groups (broad SMARTS) is 4. The summed E-state index contributed by atoms with van der Waals surface area (Å²) < 4.78 is 19.8. The standard InChI is InChI=1S/C38H46N2O4S.2C2H2O4/c1-42-36-25-27(10-17-35(36)44-34-9-3-2-8-33(34)40-20-6-7-21-40)24-32-31-16-13-29(41)26-37(31)45-38(32)28-11-14-30(15-12-28)43-23-22-39-18-4-5-19-39;2*3-1(4)2(5)6/h10-17,25-26,33-34,41H,2-9,18-24H2,1H3;2*(H,3,4)(H,5,6)/t33-,34-;;/m1../s1. The normalized spacial score (nSPS) is 18.1. The summed E-state index contributed by atoms with van der Waals surface area (Å²) in [6.45, 7) is 6.47. The van der Waals surface area contributed by atoms with Crippen molar-refractivity contribution in [2.75, 3.05) is 46.4 Å². The predicted molar refractivity (Wildman–Crippen MR) is 214 cm³/mol. The Balaban J connectivity index is 0.000000452. The molecule has 4 aromatic rings. The van der Waals surface area contributed by atoms with Crippen molar-refractivity contribution >= 4 is 45.3 Å². The fourth-order valence-electron chi connectivity index (χ4n) is 7.54. The number of thiophene rings is 1. The Morgan fingerprint density at radius 2 is 1.37 bits per heavy atom. The highest BCUT2D eigenvalue weighted by Gasteiger charge is 2.33. The highest BCUT2D eigenvalue weighted by Crippen LogP contribution is 2.42. The highest BCUT2D eigenvalue weighted by atomic mass is 32.1. The number of methoxy groups -OCH3 is 1. The van der Waals surface area contributed by atoms with Gasteiger partial charge in [-0.05, 0) is 154 Å². The van der Waals surface area contributed by atoms with E-state index in [9.17, 15) is 5.11 Å². The molecule has 5 N–H and O–H groups in total. The Morgan fingerprint density at radius 3 is 2.00 bits per heavy atom. The number of carbonyl (C=O) groups is 4. The van der Waals surface area contributed by atoms with Gasteiger partial charge in [0.1, 0.15) is 24.2 Å². The highest BCUT2D eigenvalue weighted by molar-refractivity contribution is 7.22. The maximum absolute atomic E-state index is 10.3. The number of aromatic hydroxyl groups is 1. The van der Waals surface area contributed by atoms with Gasteiger partial charge in [-0.1, -0.05) is 12.5 Å². The zero-order chi connectivity index (χ0) is 40.9. The second-order valence-electron chi connectivity index (χ2n) is 14.1. The lowest BCUT2D eigenvalue weighted by molar-refractivity contribution is -0.159. The van der Waals surface area contributed by atoms with Gasteiger partial charge in [-0.15, -0.1) is 11.3 Å². The number of likely N-dealkylation sites (tertiary alicyclic amines) is 2. The van der Waals surface area contributed by atoms with Crippen molar-refractivity contribution < 1.29 is 58.9 Å². The van der Waals surface area contributed by atoms with E-state index in [1.54, 1.807) is 24.5 Å². The summed E-state index contributed by atoms with van der Waals surface area (Å²) in [6.07, 6.45) is 11.0. The Kier molecular flexibility index (Phi) is 15.5.